The lowest BCUT2D eigenvalue weighted by Gasteiger charge is -2.23. The molecule has 3 rings (SSSR count). The second kappa shape index (κ2) is 6.90. The number of pyridine rings is 2. The van der Waals surface area contributed by atoms with Gasteiger partial charge in [0, 0.05) is 25.0 Å². The molecule has 0 fully saturated rings. The molecule has 0 saturated carbocycles. The van der Waals surface area contributed by atoms with E-state index in [1.54, 1.807) is 12.3 Å². The molecule has 0 saturated heterocycles. The molecular formula is C20H25N5O2. The maximum Gasteiger partial charge on any atom is 0.408 e. The van der Waals surface area contributed by atoms with Gasteiger partial charge in [-0.2, -0.15) is 0 Å². The summed E-state index contributed by atoms with van der Waals surface area (Å²) in [4.78, 5) is 21.1. The number of hydrogen-bond acceptors (Lipinski definition) is 5. The fourth-order valence-corrected chi connectivity index (χ4v) is 2.93. The molecule has 0 bridgehead atoms. The van der Waals surface area contributed by atoms with Crippen molar-refractivity contribution >= 4 is 22.9 Å². The van der Waals surface area contributed by atoms with Crippen molar-refractivity contribution in [3.05, 3.63) is 42.4 Å². The summed E-state index contributed by atoms with van der Waals surface area (Å²) in [5.41, 5.74) is 9.68. The highest BCUT2D eigenvalue weighted by Gasteiger charge is 2.22. The second-order valence-electron chi connectivity index (χ2n) is 7.59. The Balaban J connectivity index is 2.05. The molecule has 0 aliphatic rings. The molecule has 0 aliphatic heterocycles. The topological polar surface area (TPSA) is 95.1 Å². The summed E-state index contributed by atoms with van der Waals surface area (Å²) in [5, 5.41) is 2.87. The van der Waals surface area contributed by atoms with Crippen molar-refractivity contribution in [1.29, 1.82) is 0 Å². The van der Waals surface area contributed by atoms with Gasteiger partial charge in [-0.25, -0.2) is 14.8 Å². The summed E-state index contributed by atoms with van der Waals surface area (Å²) in [7, 11) is 1.97. The molecule has 0 aliphatic carbocycles. The minimum Gasteiger partial charge on any atom is -0.444 e. The largest absolute Gasteiger partial charge is 0.444 e. The van der Waals surface area contributed by atoms with Crippen LogP contribution < -0.4 is 11.1 Å². The summed E-state index contributed by atoms with van der Waals surface area (Å²) in [6, 6.07) is 7.33. The average Bonchev–Trinajstić information content (AvgIpc) is 2.92. The van der Waals surface area contributed by atoms with Gasteiger partial charge < -0.3 is 20.4 Å². The van der Waals surface area contributed by atoms with Crippen LogP contribution in [0.25, 0.3) is 22.2 Å². The van der Waals surface area contributed by atoms with Crippen molar-refractivity contribution in [1.82, 2.24) is 19.9 Å². The summed E-state index contributed by atoms with van der Waals surface area (Å²) in [6.45, 7) is 7.37. The number of rotatable bonds is 3. The van der Waals surface area contributed by atoms with Gasteiger partial charge in [-0.3, -0.25) is 0 Å². The molecule has 1 atom stereocenters. The van der Waals surface area contributed by atoms with Gasteiger partial charge in [-0.15, -0.1) is 0 Å². The van der Waals surface area contributed by atoms with Crippen LogP contribution in [-0.4, -0.2) is 26.2 Å². The number of aromatic nitrogens is 3. The molecule has 3 aromatic rings. The Hall–Kier alpha value is -3.09. The minimum absolute atomic E-state index is 0.353. The minimum atomic E-state index is -0.566. The van der Waals surface area contributed by atoms with Gasteiger partial charge in [-0.05, 0) is 57.5 Å². The normalized spacial score (nSPS) is 12.8. The zero-order valence-electron chi connectivity index (χ0n) is 16.3. The van der Waals surface area contributed by atoms with Crippen molar-refractivity contribution in [2.24, 2.45) is 7.05 Å². The Morgan fingerprint density at radius 3 is 2.70 bits per heavy atom. The lowest BCUT2D eigenvalue weighted by molar-refractivity contribution is 0.0507. The summed E-state index contributed by atoms with van der Waals surface area (Å²) in [5.74, 6) is 0.429. The molecular weight excluding hydrogens is 342 g/mol. The number of aryl methyl sites for hydroxylation is 1. The van der Waals surface area contributed by atoms with Crippen LogP contribution in [0.5, 0.6) is 0 Å². The number of nitrogens with zero attached hydrogens (tertiary/aromatic N) is 3. The SMILES string of the molecule is CC(NC(=O)OC(C)(C)C)c1nc2ccn(C)c2cc1-c1ccnc(N)c1. The molecule has 1 unspecified atom stereocenters. The summed E-state index contributed by atoms with van der Waals surface area (Å²) >= 11 is 0. The van der Waals surface area contributed by atoms with E-state index in [1.165, 1.54) is 0 Å². The van der Waals surface area contributed by atoms with E-state index in [-0.39, 0.29) is 6.04 Å². The van der Waals surface area contributed by atoms with Gasteiger partial charge in [0.2, 0.25) is 0 Å². The van der Waals surface area contributed by atoms with Gasteiger partial charge in [0.15, 0.2) is 0 Å². The maximum atomic E-state index is 12.2. The second-order valence-corrected chi connectivity index (χ2v) is 7.59. The van der Waals surface area contributed by atoms with Crippen LogP contribution in [0.4, 0.5) is 10.6 Å². The Bertz CT molecular complexity index is 988. The fraction of sp³-hybridized carbons (Fsp3) is 0.350. The third-order valence-corrected chi connectivity index (χ3v) is 4.13. The molecule has 142 valence electrons. The van der Waals surface area contributed by atoms with Crippen LogP contribution >= 0.6 is 0 Å². The average molecular weight is 367 g/mol. The first-order chi connectivity index (χ1) is 12.6. The predicted molar refractivity (Wildman–Crippen MR) is 106 cm³/mol. The molecule has 27 heavy (non-hydrogen) atoms. The number of nitrogens with two attached hydrogens (primary N) is 1. The Morgan fingerprint density at radius 2 is 2.04 bits per heavy atom. The number of nitrogen functional groups attached to an aromatic ring is 1. The molecule has 0 aromatic carbocycles. The van der Waals surface area contributed by atoms with Crippen LogP contribution in [-0.2, 0) is 11.8 Å². The molecule has 3 N–H and O–H groups in total. The Labute approximate surface area is 158 Å². The lowest BCUT2D eigenvalue weighted by atomic mass is 10.0. The fourth-order valence-electron chi connectivity index (χ4n) is 2.93. The van der Waals surface area contributed by atoms with Crippen molar-refractivity contribution in [2.75, 3.05) is 5.73 Å². The highest BCUT2D eigenvalue weighted by molar-refractivity contribution is 5.84. The van der Waals surface area contributed by atoms with E-state index in [2.05, 4.69) is 16.4 Å². The van der Waals surface area contributed by atoms with Crippen LogP contribution in [0.2, 0.25) is 0 Å². The quantitative estimate of drug-likeness (QED) is 0.734. The maximum absolute atomic E-state index is 12.2. The molecule has 7 nitrogen and oxygen atoms in total. The summed E-state index contributed by atoms with van der Waals surface area (Å²) in [6.07, 6.45) is 3.14. The van der Waals surface area contributed by atoms with E-state index < -0.39 is 11.7 Å². The standard InChI is InChI=1S/C20H25N5O2/c1-12(23-19(26)27-20(2,3)4)18-14(13-6-8-22-17(21)10-13)11-16-15(24-18)7-9-25(16)5/h6-12H,1-5H3,(H2,21,22)(H,23,26). The monoisotopic (exact) mass is 367 g/mol. The molecule has 3 heterocycles. The van der Waals surface area contributed by atoms with Crippen molar-refractivity contribution in [3.8, 4) is 11.1 Å². The van der Waals surface area contributed by atoms with Crippen LogP contribution in [0.15, 0.2) is 36.7 Å². The number of fused-ring (bicyclic) bond motifs is 1. The van der Waals surface area contributed by atoms with E-state index in [0.717, 1.165) is 27.9 Å². The number of carbonyl (C=O) groups excluding carboxylic acids is 1. The number of ether oxygens (including phenoxy) is 1. The molecule has 0 radical (unpaired) electrons. The predicted octanol–water partition coefficient (Wildman–Crippen LogP) is 3.80. The van der Waals surface area contributed by atoms with Crippen molar-refractivity contribution in [3.63, 3.8) is 0 Å². The van der Waals surface area contributed by atoms with Gasteiger partial charge in [0.25, 0.3) is 0 Å². The molecule has 0 spiro atoms. The Kier molecular flexibility index (Phi) is 4.78. The number of anilines is 1. The zero-order valence-corrected chi connectivity index (χ0v) is 16.3. The zero-order chi connectivity index (χ0) is 19.8. The van der Waals surface area contributed by atoms with E-state index in [9.17, 15) is 4.79 Å². The van der Waals surface area contributed by atoms with Gasteiger partial charge in [0.05, 0.1) is 22.8 Å². The molecule has 7 heteroatoms. The first-order valence-corrected chi connectivity index (χ1v) is 8.81. The Morgan fingerprint density at radius 1 is 1.30 bits per heavy atom. The van der Waals surface area contributed by atoms with Crippen molar-refractivity contribution < 1.29 is 9.53 Å². The summed E-state index contributed by atoms with van der Waals surface area (Å²) < 4.78 is 7.38. The van der Waals surface area contributed by atoms with Crippen LogP contribution in [0.3, 0.4) is 0 Å². The van der Waals surface area contributed by atoms with Crippen LogP contribution in [0, 0.1) is 0 Å². The van der Waals surface area contributed by atoms with E-state index in [1.807, 2.05) is 57.6 Å². The first-order valence-electron chi connectivity index (χ1n) is 8.81. The van der Waals surface area contributed by atoms with E-state index >= 15 is 0 Å². The number of nitrogens with one attached hydrogen (secondary N) is 1. The molecule has 3 aromatic heterocycles. The lowest BCUT2D eigenvalue weighted by Crippen LogP contribution is -2.34. The first kappa shape index (κ1) is 18.7. The smallest absolute Gasteiger partial charge is 0.408 e. The number of carbonyl (C=O) groups is 1. The number of amides is 1. The molecule has 1 amide bonds. The number of alkyl carbamates (subject to hydrolysis) is 1. The van der Waals surface area contributed by atoms with Gasteiger partial charge in [0.1, 0.15) is 11.4 Å². The van der Waals surface area contributed by atoms with Gasteiger partial charge in [-0.1, -0.05) is 0 Å². The van der Waals surface area contributed by atoms with Crippen LogP contribution in [0.1, 0.15) is 39.4 Å². The van der Waals surface area contributed by atoms with E-state index in [4.69, 9.17) is 15.5 Å². The van der Waals surface area contributed by atoms with Gasteiger partial charge >= 0.3 is 6.09 Å². The third-order valence-electron chi connectivity index (χ3n) is 4.13. The third kappa shape index (κ3) is 4.19. The number of hydrogen-bond donors (Lipinski definition) is 2. The van der Waals surface area contributed by atoms with E-state index in [0.29, 0.717) is 5.82 Å². The highest BCUT2D eigenvalue weighted by Crippen LogP contribution is 2.31. The highest BCUT2D eigenvalue weighted by atomic mass is 16.6. The van der Waals surface area contributed by atoms with Crippen molar-refractivity contribution in [2.45, 2.75) is 39.3 Å².